The molecular weight excluding hydrogens is 398 g/mol. The summed E-state index contributed by atoms with van der Waals surface area (Å²) < 4.78 is 37.0. The molecule has 0 aliphatic rings. The van der Waals surface area contributed by atoms with Crippen molar-refractivity contribution in [1.29, 1.82) is 0 Å². The number of ether oxygens (including phenoxy) is 2. The van der Waals surface area contributed by atoms with Crippen LogP contribution in [-0.4, -0.2) is 40.5 Å². The molecule has 0 aliphatic heterocycles. The molecule has 0 heterocycles. The maximum absolute atomic E-state index is 12.2. The molecule has 3 N–H and O–H groups in total. The lowest BCUT2D eigenvalue weighted by Crippen LogP contribution is -2.42. The molecule has 156 valence electrons. The van der Waals surface area contributed by atoms with E-state index in [0.29, 0.717) is 18.1 Å². The lowest BCUT2D eigenvalue weighted by molar-refractivity contribution is -0.121. The van der Waals surface area contributed by atoms with E-state index in [1.54, 1.807) is 24.3 Å². The molecular formula is C19H23N3O6S. The molecule has 9 nitrogen and oxygen atoms in total. The smallest absolute Gasteiger partial charge is 0.269 e. The fourth-order valence-corrected chi connectivity index (χ4v) is 3.38. The normalized spacial score (nSPS) is 10.8. The minimum atomic E-state index is -3.69. The van der Waals surface area contributed by atoms with Gasteiger partial charge in [-0.15, -0.1) is 0 Å². The van der Waals surface area contributed by atoms with Crippen LogP contribution in [0.2, 0.25) is 0 Å². The van der Waals surface area contributed by atoms with Crippen molar-refractivity contribution in [3.05, 3.63) is 54.1 Å². The molecule has 2 rings (SSSR count). The lowest BCUT2D eigenvalue weighted by atomic mass is 10.2. The summed E-state index contributed by atoms with van der Waals surface area (Å²) >= 11 is 0. The molecule has 10 heteroatoms. The molecule has 2 aromatic carbocycles. The first kappa shape index (κ1) is 22.2. The summed E-state index contributed by atoms with van der Waals surface area (Å²) in [5, 5.41) is 0. The number of hydrazine groups is 1. The zero-order valence-electron chi connectivity index (χ0n) is 16.1. The predicted molar refractivity (Wildman–Crippen MR) is 106 cm³/mol. The minimum absolute atomic E-state index is 0.109. The minimum Gasteiger partial charge on any atom is -0.493 e. The summed E-state index contributed by atoms with van der Waals surface area (Å²) in [7, 11) is -2.23. The molecule has 29 heavy (non-hydrogen) atoms. The van der Waals surface area contributed by atoms with Crippen LogP contribution in [0.25, 0.3) is 0 Å². The number of rotatable bonds is 9. The van der Waals surface area contributed by atoms with Gasteiger partial charge in [0.2, 0.25) is 15.9 Å². The maximum Gasteiger partial charge on any atom is 0.269 e. The van der Waals surface area contributed by atoms with Crippen molar-refractivity contribution in [3.8, 4) is 11.5 Å². The van der Waals surface area contributed by atoms with Crippen LogP contribution in [0.3, 0.4) is 0 Å². The van der Waals surface area contributed by atoms with Gasteiger partial charge in [0, 0.05) is 18.5 Å². The predicted octanol–water partition coefficient (Wildman–Crippen LogP) is 1.22. The van der Waals surface area contributed by atoms with Gasteiger partial charge in [-0.3, -0.25) is 20.4 Å². The number of nitrogens with one attached hydrogen (secondary N) is 3. The van der Waals surface area contributed by atoms with Crippen LogP contribution in [0, 0.1) is 0 Å². The van der Waals surface area contributed by atoms with Gasteiger partial charge in [-0.1, -0.05) is 18.2 Å². The number of sulfonamides is 1. The van der Waals surface area contributed by atoms with Crippen molar-refractivity contribution in [2.45, 2.75) is 18.2 Å². The molecule has 0 spiro atoms. The van der Waals surface area contributed by atoms with E-state index in [0.717, 1.165) is 0 Å². The van der Waals surface area contributed by atoms with Gasteiger partial charge < -0.3 is 9.47 Å². The third-order valence-electron chi connectivity index (χ3n) is 3.74. The second-order valence-corrected chi connectivity index (χ2v) is 7.53. The Morgan fingerprint density at radius 1 is 1.00 bits per heavy atom. The number of amides is 2. The van der Waals surface area contributed by atoms with Gasteiger partial charge in [0.15, 0.2) is 11.5 Å². The lowest BCUT2D eigenvalue weighted by Gasteiger charge is -2.12. The van der Waals surface area contributed by atoms with Gasteiger partial charge in [0.1, 0.15) is 0 Å². The van der Waals surface area contributed by atoms with Crippen LogP contribution in [0.1, 0.15) is 23.7 Å². The van der Waals surface area contributed by atoms with Gasteiger partial charge >= 0.3 is 0 Å². The van der Waals surface area contributed by atoms with E-state index in [-0.39, 0.29) is 23.4 Å². The number of carbonyl (C=O) groups is 2. The van der Waals surface area contributed by atoms with Gasteiger partial charge in [0.25, 0.3) is 5.91 Å². The second kappa shape index (κ2) is 10.4. The number of hydrogen-bond donors (Lipinski definition) is 3. The second-order valence-electron chi connectivity index (χ2n) is 5.76. The highest BCUT2D eigenvalue weighted by Gasteiger charge is 2.14. The molecule has 2 amide bonds. The quantitative estimate of drug-likeness (QED) is 0.523. The molecule has 0 atom stereocenters. The Balaban J connectivity index is 1.82. The van der Waals surface area contributed by atoms with Crippen molar-refractivity contribution in [1.82, 2.24) is 15.6 Å². The Bertz CT molecular complexity index is 948. The summed E-state index contributed by atoms with van der Waals surface area (Å²) in [5.74, 6) is -0.209. The van der Waals surface area contributed by atoms with Crippen LogP contribution in [0.15, 0.2) is 53.4 Å². The van der Waals surface area contributed by atoms with E-state index in [4.69, 9.17) is 9.47 Å². The van der Waals surface area contributed by atoms with Crippen LogP contribution in [0.5, 0.6) is 11.5 Å². The molecule has 0 bridgehead atoms. The Hall–Kier alpha value is -3.11. The number of benzene rings is 2. The summed E-state index contributed by atoms with van der Waals surface area (Å²) in [6.45, 7) is 2.16. The van der Waals surface area contributed by atoms with Gasteiger partial charge in [-0.05, 0) is 37.3 Å². The molecule has 0 radical (unpaired) electrons. The van der Waals surface area contributed by atoms with E-state index in [1.165, 1.54) is 31.4 Å². The van der Waals surface area contributed by atoms with Crippen molar-refractivity contribution in [3.63, 3.8) is 0 Å². The molecule has 2 aromatic rings. The van der Waals surface area contributed by atoms with Crippen molar-refractivity contribution < 1.29 is 27.5 Å². The topological polar surface area (TPSA) is 123 Å². The van der Waals surface area contributed by atoms with Gasteiger partial charge in [-0.2, -0.15) is 0 Å². The van der Waals surface area contributed by atoms with E-state index < -0.39 is 21.8 Å². The summed E-state index contributed by atoms with van der Waals surface area (Å²) in [6.07, 6.45) is -0.154. The van der Waals surface area contributed by atoms with Crippen LogP contribution in [-0.2, 0) is 14.8 Å². The van der Waals surface area contributed by atoms with E-state index in [9.17, 15) is 18.0 Å². The average molecular weight is 421 g/mol. The standard InChI is InChI=1S/C19H23N3O6S/c1-3-28-16-10-9-14(13-17(16)27-2)19(24)22-21-18(23)11-12-20-29(25,26)15-7-5-4-6-8-15/h4-10,13,20H,3,11-12H2,1-2H3,(H,21,23)(H,22,24). The molecule has 0 aliphatic carbocycles. The zero-order valence-corrected chi connectivity index (χ0v) is 16.9. The van der Waals surface area contributed by atoms with E-state index in [1.807, 2.05) is 6.92 Å². The molecule has 0 fully saturated rings. The third kappa shape index (κ3) is 6.47. The van der Waals surface area contributed by atoms with Crippen molar-refractivity contribution in [2.24, 2.45) is 0 Å². The first-order chi connectivity index (χ1) is 13.9. The Morgan fingerprint density at radius 3 is 2.38 bits per heavy atom. The molecule has 0 unspecified atom stereocenters. The number of carbonyl (C=O) groups excluding carboxylic acids is 2. The highest BCUT2D eigenvalue weighted by atomic mass is 32.2. The van der Waals surface area contributed by atoms with Crippen LogP contribution in [0.4, 0.5) is 0 Å². The molecule has 0 aromatic heterocycles. The van der Waals surface area contributed by atoms with E-state index in [2.05, 4.69) is 15.6 Å². The summed E-state index contributed by atoms with van der Waals surface area (Å²) in [5.41, 5.74) is 4.77. The van der Waals surface area contributed by atoms with Gasteiger partial charge in [-0.25, -0.2) is 13.1 Å². The van der Waals surface area contributed by atoms with E-state index >= 15 is 0 Å². The van der Waals surface area contributed by atoms with Crippen molar-refractivity contribution >= 4 is 21.8 Å². The van der Waals surface area contributed by atoms with Crippen molar-refractivity contribution in [2.75, 3.05) is 20.3 Å². The largest absolute Gasteiger partial charge is 0.493 e. The number of hydrogen-bond acceptors (Lipinski definition) is 6. The van der Waals surface area contributed by atoms with Crippen LogP contribution < -0.4 is 25.0 Å². The Labute approximate surface area is 169 Å². The molecule has 0 saturated carbocycles. The SMILES string of the molecule is CCOc1ccc(C(=O)NNC(=O)CCNS(=O)(=O)c2ccccc2)cc1OC. The fraction of sp³-hybridized carbons (Fsp3) is 0.263. The zero-order chi connectivity index (χ0) is 21.3. The number of methoxy groups -OCH3 is 1. The Morgan fingerprint density at radius 2 is 1.72 bits per heavy atom. The van der Waals surface area contributed by atoms with Crippen LogP contribution >= 0.6 is 0 Å². The fourth-order valence-electron chi connectivity index (χ4n) is 2.33. The first-order valence-electron chi connectivity index (χ1n) is 8.82. The maximum atomic E-state index is 12.2. The first-order valence-corrected chi connectivity index (χ1v) is 10.3. The third-order valence-corrected chi connectivity index (χ3v) is 5.22. The summed E-state index contributed by atoms with van der Waals surface area (Å²) in [6, 6.07) is 12.4. The van der Waals surface area contributed by atoms with Gasteiger partial charge in [0.05, 0.1) is 18.6 Å². The average Bonchev–Trinajstić information content (AvgIpc) is 2.73. The Kier molecular flexibility index (Phi) is 7.98. The monoisotopic (exact) mass is 421 g/mol. The highest BCUT2D eigenvalue weighted by molar-refractivity contribution is 7.89. The highest BCUT2D eigenvalue weighted by Crippen LogP contribution is 2.27. The summed E-state index contributed by atoms with van der Waals surface area (Å²) in [4.78, 5) is 24.1. The molecule has 0 saturated heterocycles.